The number of hydrogen-bond acceptors (Lipinski definition) is 5. The highest BCUT2D eigenvalue weighted by Gasteiger charge is 2.20. The molecule has 6 nitrogen and oxygen atoms in total. The molecular weight excluding hydrogens is 292 g/mol. The topological polar surface area (TPSA) is 93.2 Å². The Labute approximate surface area is 105 Å². The predicted octanol–water partition coefficient (Wildman–Crippen LogP) is 2.21. The highest BCUT2D eigenvalue weighted by Crippen LogP contribution is 2.28. The smallest absolute Gasteiger partial charge is 0.339 e. The van der Waals surface area contributed by atoms with Crippen molar-refractivity contribution in [1.82, 2.24) is 0 Å². The van der Waals surface area contributed by atoms with Crippen LogP contribution in [0.1, 0.15) is 15.9 Å². The third-order valence-electron chi connectivity index (χ3n) is 2.04. The summed E-state index contributed by atoms with van der Waals surface area (Å²) in [6.45, 7) is 0. The number of rotatable bonds is 3. The van der Waals surface area contributed by atoms with Gasteiger partial charge < -0.3 is 4.74 Å². The zero-order valence-electron chi connectivity index (χ0n) is 8.77. The molecular formula is C10H7BrN2O4. The normalized spacial score (nSPS) is 9.47. The molecule has 0 heterocycles. The van der Waals surface area contributed by atoms with Crippen LogP contribution >= 0.6 is 15.9 Å². The van der Waals surface area contributed by atoms with E-state index in [-0.39, 0.29) is 23.2 Å². The van der Waals surface area contributed by atoms with Crippen molar-refractivity contribution in [3.8, 4) is 6.07 Å². The monoisotopic (exact) mass is 298 g/mol. The lowest BCUT2D eigenvalue weighted by Crippen LogP contribution is -2.05. The molecule has 17 heavy (non-hydrogen) atoms. The average molecular weight is 299 g/mol. The number of nitriles is 1. The van der Waals surface area contributed by atoms with E-state index in [1.807, 2.05) is 6.07 Å². The number of methoxy groups -OCH3 is 1. The van der Waals surface area contributed by atoms with Crippen LogP contribution in [0, 0.1) is 21.4 Å². The molecule has 0 aliphatic carbocycles. The Balaban J connectivity index is 3.40. The Bertz CT molecular complexity index is 522. The number of halogens is 1. The standard InChI is InChI=1S/C10H7BrN2O4/c1-17-10(14)7-5-9(13(15)16)6(2-3-12)4-8(7)11/h4-5H,2H2,1H3. The summed E-state index contributed by atoms with van der Waals surface area (Å²) in [5.41, 5.74) is 0.0352. The summed E-state index contributed by atoms with van der Waals surface area (Å²) in [5.74, 6) is -0.677. The minimum absolute atomic E-state index is 0.0564. The van der Waals surface area contributed by atoms with Gasteiger partial charge in [0.05, 0.1) is 30.1 Å². The van der Waals surface area contributed by atoms with E-state index in [4.69, 9.17) is 5.26 Å². The molecule has 1 rings (SSSR count). The van der Waals surface area contributed by atoms with Crippen molar-refractivity contribution >= 4 is 27.6 Å². The van der Waals surface area contributed by atoms with E-state index < -0.39 is 10.9 Å². The van der Waals surface area contributed by atoms with Gasteiger partial charge in [0.15, 0.2) is 0 Å². The molecule has 0 saturated carbocycles. The number of nitro groups is 1. The third-order valence-corrected chi connectivity index (χ3v) is 2.70. The minimum Gasteiger partial charge on any atom is -0.465 e. The fourth-order valence-electron chi connectivity index (χ4n) is 1.27. The Kier molecular flexibility index (Phi) is 4.17. The van der Waals surface area contributed by atoms with Crippen LogP contribution in [-0.4, -0.2) is 18.0 Å². The van der Waals surface area contributed by atoms with Crippen LogP contribution in [-0.2, 0) is 11.2 Å². The summed E-state index contributed by atoms with van der Waals surface area (Å²) in [5, 5.41) is 19.4. The lowest BCUT2D eigenvalue weighted by atomic mass is 10.1. The van der Waals surface area contributed by atoms with Gasteiger partial charge in [-0.1, -0.05) is 0 Å². The molecule has 0 aromatic heterocycles. The SMILES string of the molecule is COC(=O)c1cc([N+](=O)[O-])c(CC#N)cc1Br. The van der Waals surface area contributed by atoms with E-state index >= 15 is 0 Å². The van der Waals surface area contributed by atoms with Crippen LogP contribution in [0.2, 0.25) is 0 Å². The zero-order valence-corrected chi connectivity index (χ0v) is 10.4. The summed E-state index contributed by atoms with van der Waals surface area (Å²) in [4.78, 5) is 21.5. The van der Waals surface area contributed by atoms with Gasteiger partial charge in [0.25, 0.3) is 5.69 Å². The maximum absolute atomic E-state index is 11.3. The Morgan fingerprint density at radius 1 is 1.65 bits per heavy atom. The first-order valence-electron chi connectivity index (χ1n) is 4.43. The van der Waals surface area contributed by atoms with Crippen LogP contribution in [0.3, 0.4) is 0 Å². The van der Waals surface area contributed by atoms with Gasteiger partial charge in [0.1, 0.15) is 0 Å². The molecule has 1 aromatic carbocycles. The van der Waals surface area contributed by atoms with Gasteiger partial charge in [-0.2, -0.15) is 5.26 Å². The van der Waals surface area contributed by atoms with Crippen molar-refractivity contribution < 1.29 is 14.5 Å². The first-order valence-corrected chi connectivity index (χ1v) is 5.22. The van der Waals surface area contributed by atoms with Crippen LogP contribution in [0.5, 0.6) is 0 Å². The maximum atomic E-state index is 11.3. The number of carbonyl (C=O) groups is 1. The van der Waals surface area contributed by atoms with Crippen molar-refractivity contribution in [3.05, 3.63) is 37.8 Å². The number of nitrogens with zero attached hydrogens (tertiary/aromatic N) is 2. The van der Waals surface area contributed by atoms with Crippen LogP contribution in [0.15, 0.2) is 16.6 Å². The summed E-state index contributed by atoms with van der Waals surface area (Å²) in [6, 6.07) is 4.31. The first kappa shape index (κ1) is 13.1. The van der Waals surface area contributed by atoms with E-state index in [9.17, 15) is 14.9 Å². The lowest BCUT2D eigenvalue weighted by molar-refractivity contribution is -0.385. The Morgan fingerprint density at radius 3 is 2.76 bits per heavy atom. The molecule has 0 saturated heterocycles. The van der Waals surface area contributed by atoms with E-state index in [1.165, 1.54) is 13.2 Å². The van der Waals surface area contributed by atoms with Crippen molar-refractivity contribution in [2.75, 3.05) is 7.11 Å². The van der Waals surface area contributed by atoms with Crippen molar-refractivity contribution in [2.45, 2.75) is 6.42 Å². The number of benzene rings is 1. The average Bonchev–Trinajstić information content (AvgIpc) is 2.28. The molecule has 0 amide bonds. The third kappa shape index (κ3) is 2.79. The summed E-state index contributed by atoms with van der Waals surface area (Å²) < 4.78 is 4.86. The Morgan fingerprint density at radius 2 is 2.29 bits per heavy atom. The molecule has 0 spiro atoms. The summed E-state index contributed by atoms with van der Waals surface area (Å²) in [6.07, 6.45) is -0.101. The molecule has 1 aromatic rings. The highest BCUT2D eigenvalue weighted by atomic mass is 79.9. The molecule has 88 valence electrons. The predicted molar refractivity (Wildman–Crippen MR) is 61.5 cm³/mol. The minimum atomic E-state index is -0.677. The highest BCUT2D eigenvalue weighted by molar-refractivity contribution is 9.10. The molecule has 0 N–H and O–H groups in total. The Hall–Kier alpha value is -1.94. The van der Waals surface area contributed by atoms with Gasteiger partial charge in [-0.15, -0.1) is 0 Å². The van der Waals surface area contributed by atoms with Gasteiger partial charge >= 0.3 is 5.97 Å². The molecule has 0 aliphatic heterocycles. The van der Waals surface area contributed by atoms with E-state index in [1.54, 1.807) is 0 Å². The first-order chi connectivity index (χ1) is 8.01. The van der Waals surface area contributed by atoms with Crippen molar-refractivity contribution in [3.63, 3.8) is 0 Å². The summed E-state index contributed by atoms with van der Waals surface area (Å²) >= 11 is 3.11. The van der Waals surface area contributed by atoms with Gasteiger partial charge in [-0.3, -0.25) is 10.1 Å². The van der Waals surface area contributed by atoms with Crippen molar-refractivity contribution in [1.29, 1.82) is 5.26 Å². The molecule has 0 aliphatic rings. The van der Waals surface area contributed by atoms with Crippen LogP contribution in [0.25, 0.3) is 0 Å². The number of carbonyl (C=O) groups excluding carboxylic acids is 1. The molecule has 0 atom stereocenters. The number of esters is 1. The summed E-state index contributed by atoms with van der Waals surface area (Å²) in [7, 11) is 1.18. The molecule has 7 heteroatoms. The second kappa shape index (κ2) is 5.41. The van der Waals surface area contributed by atoms with Gasteiger partial charge in [-0.25, -0.2) is 4.79 Å². The number of hydrogen-bond donors (Lipinski definition) is 0. The molecule has 0 unspecified atom stereocenters. The van der Waals surface area contributed by atoms with Crippen LogP contribution < -0.4 is 0 Å². The second-order valence-electron chi connectivity index (χ2n) is 3.04. The van der Waals surface area contributed by atoms with Gasteiger partial charge in [-0.05, 0) is 22.0 Å². The quantitative estimate of drug-likeness (QED) is 0.484. The van der Waals surface area contributed by atoms with Gasteiger partial charge in [0, 0.05) is 16.1 Å². The number of ether oxygens (including phenoxy) is 1. The molecule has 0 fully saturated rings. The van der Waals surface area contributed by atoms with E-state index in [2.05, 4.69) is 20.7 Å². The maximum Gasteiger partial charge on any atom is 0.339 e. The van der Waals surface area contributed by atoms with Crippen LogP contribution in [0.4, 0.5) is 5.69 Å². The molecule has 0 radical (unpaired) electrons. The van der Waals surface area contributed by atoms with E-state index in [0.29, 0.717) is 4.47 Å². The van der Waals surface area contributed by atoms with Crippen molar-refractivity contribution in [2.24, 2.45) is 0 Å². The zero-order chi connectivity index (χ0) is 13.0. The fraction of sp³-hybridized carbons (Fsp3) is 0.200. The van der Waals surface area contributed by atoms with E-state index in [0.717, 1.165) is 6.07 Å². The second-order valence-corrected chi connectivity index (χ2v) is 3.90. The number of nitro benzene ring substituents is 1. The molecule has 0 bridgehead atoms. The lowest BCUT2D eigenvalue weighted by Gasteiger charge is -2.05. The van der Waals surface area contributed by atoms with Gasteiger partial charge in [0.2, 0.25) is 0 Å². The fourth-order valence-corrected chi connectivity index (χ4v) is 1.82. The largest absolute Gasteiger partial charge is 0.465 e.